The molecule has 16 heavy (non-hydrogen) atoms. The van der Waals surface area contributed by atoms with Gasteiger partial charge in [-0.15, -0.1) is 0 Å². The first-order valence-corrected chi connectivity index (χ1v) is 4.88. The summed E-state index contributed by atoms with van der Waals surface area (Å²) in [6.07, 6.45) is -0.206. The molecule has 0 radical (unpaired) electrons. The van der Waals surface area contributed by atoms with Gasteiger partial charge in [0.05, 0.1) is 6.42 Å². The van der Waals surface area contributed by atoms with E-state index < -0.39 is 17.9 Å². The summed E-state index contributed by atoms with van der Waals surface area (Å²) in [6, 6.07) is 8.41. The van der Waals surface area contributed by atoms with Crippen molar-refractivity contribution in [3.63, 3.8) is 0 Å². The largest absolute Gasteiger partial charge is 0.480 e. The number of nitrogens with two attached hydrogens (primary N) is 1. The van der Waals surface area contributed by atoms with Crippen LogP contribution in [0, 0.1) is 0 Å². The Morgan fingerprint density at radius 1 is 1.31 bits per heavy atom. The zero-order valence-electron chi connectivity index (χ0n) is 8.72. The van der Waals surface area contributed by atoms with Gasteiger partial charge in [-0.1, -0.05) is 30.3 Å². The van der Waals surface area contributed by atoms with Crippen LogP contribution in [0.4, 0.5) is 0 Å². The summed E-state index contributed by atoms with van der Waals surface area (Å²) < 4.78 is 0. The minimum atomic E-state index is -1.07. The minimum absolute atomic E-state index is 0.206. The van der Waals surface area contributed by atoms with Crippen molar-refractivity contribution >= 4 is 11.9 Å². The molecule has 0 saturated carbocycles. The third-order valence-corrected chi connectivity index (χ3v) is 2.10. The molecule has 1 rings (SSSR count). The van der Waals surface area contributed by atoms with Crippen LogP contribution in [0.15, 0.2) is 30.3 Å². The Hall–Kier alpha value is -1.88. The Labute approximate surface area is 93.3 Å². The van der Waals surface area contributed by atoms with Crippen molar-refractivity contribution in [2.45, 2.75) is 19.0 Å². The second-order valence-corrected chi connectivity index (χ2v) is 3.43. The van der Waals surface area contributed by atoms with Gasteiger partial charge in [0.15, 0.2) is 0 Å². The van der Waals surface area contributed by atoms with E-state index in [-0.39, 0.29) is 6.42 Å². The fraction of sp³-hybridized carbons (Fsp3) is 0.273. The fourth-order valence-corrected chi connectivity index (χ4v) is 1.28. The quantitative estimate of drug-likeness (QED) is 0.636. The number of nitrogens with one attached hydrogen (secondary N) is 1. The SMILES string of the molecule is NC(=O)CC(NCc1ccccc1)C(=O)O. The Morgan fingerprint density at radius 2 is 1.94 bits per heavy atom. The molecule has 0 heterocycles. The van der Waals surface area contributed by atoms with Gasteiger partial charge in [-0.25, -0.2) is 0 Å². The summed E-state index contributed by atoms with van der Waals surface area (Å²) in [5.41, 5.74) is 5.91. The van der Waals surface area contributed by atoms with Crippen molar-refractivity contribution in [1.82, 2.24) is 5.32 Å². The van der Waals surface area contributed by atoms with Crippen molar-refractivity contribution in [3.8, 4) is 0 Å². The van der Waals surface area contributed by atoms with E-state index in [1.807, 2.05) is 30.3 Å². The molecule has 1 aromatic carbocycles. The first kappa shape index (κ1) is 12.2. The number of primary amides is 1. The Kier molecular flexibility index (Phi) is 4.47. The van der Waals surface area contributed by atoms with E-state index in [0.29, 0.717) is 6.54 Å². The Bertz CT molecular complexity index is 365. The second-order valence-electron chi connectivity index (χ2n) is 3.43. The molecule has 0 aliphatic rings. The van der Waals surface area contributed by atoms with E-state index >= 15 is 0 Å². The number of hydrogen-bond donors (Lipinski definition) is 3. The standard InChI is InChI=1S/C11H14N2O3/c12-10(14)6-9(11(15)16)13-7-8-4-2-1-3-5-8/h1-5,9,13H,6-7H2,(H2,12,14)(H,15,16). The number of carbonyl (C=O) groups is 2. The van der Waals surface area contributed by atoms with Crippen LogP contribution in [-0.2, 0) is 16.1 Å². The number of carbonyl (C=O) groups excluding carboxylic acids is 1. The lowest BCUT2D eigenvalue weighted by molar-refractivity contribution is -0.141. The average Bonchev–Trinajstić information content (AvgIpc) is 2.25. The fourth-order valence-electron chi connectivity index (χ4n) is 1.28. The molecule has 0 bridgehead atoms. The van der Waals surface area contributed by atoms with Gasteiger partial charge in [0, 0.05) is 6.54 Å². The second kappa shape index (κ2) is 5.87. The van der Waals surface area contributed by atoms with Crippen molar-refractivity contribution in [2.75, 3.05) is 0 Å². The molecule has 4 N–H and O–H groups in total. The molecule has 0 spiro atoms. The van der Waals surface area contributed by atoms with Crippen LogP contribution in [-0.4, -0.2) is 23.0 Å². The lowest BCUT2D eigenvalue weighted by atomic mass is 10.1. The van der Waals surface area contributed by atoms with Crippen molar-refractivity contribution in [1.29, 1.82) is 0 Å². The summed E-state index contributed by atoms with van der Waals surface area (Å²) in [5, 5.41) is 11.6. The number of amides is 1. The molecular weight excluding hydrogens is 208 g/mol. The maximum absolute atomic E-state index is 10.8. The van der Waals surface area contributed by atoms with Crippen LogP contribution in [0.25, 0.3) is 0 Å². The van der Waals surface area contributed by atoms with Crippen LogP contribution in [0.5, 0.6) is 0 Å². The topological polar surface area (TPSA) is 92.4 Å². The lowest BCUT2D eigenvalue weighted by Gasteiger charge is -2.12. The van der Waals surface area contributed by atoms with Crippen LogP contribution in [0.2, 0.25) is 0 Å². The third-order valence-electron chi connectivity index (χ3n) is 2.10. The van der Waals surface area contributed by atoms with E-state index in [4.69, 9.17) is 10.8 Å². The highest BCUT2D eigenvalue weighted by atomic mass is 16.4. The van der Waals surface area contributed by atoms with Gasteiger partial charge < -0.3 is 10.8 Å². The average molecular weight is 222 g/mol. The molecule has 1 unspecified atom stereocenters. The zero-order valence-corrected chi connectivity index (χ0v) is 8.72. The first-order chi connectivity index (χ1) is 7.59. The van der Waals surface area contributed by atoms with E-state index in [2.05, 4.69) is 5.32 Å². The van der Waals surface area contributed by atoms with Gasteiger partial charge in [0.25, 0.3) is 0 Å². The molecule has 0 fully saturated rings. The van der Waals surface area contributed by atoms with Gasteiger partial charge in [-0.05, 0) is 5.56 Å². The molecular formula is C11H14N2O3. The van der Waals surface area contributed by atoms with E-state index in [9.17, 15) is 9.59 Å². The molecule has 0 aromatic heterocycles. The molecule has 5 nitrogen and oxygen atoms in total. The van der Waals surface area contributed by atoms with Gasteiger partial charge >= 0.3 is 5.97 Å². The predicted octanol–water partition coefficient (Wildman–Crippen LogP) is 0.105. The molecule has 0 saturated heterocycles. The molecule has 86 valence electrons. The molecule has 1 atom stereocenters. The van der Waals surface area contributed by atoms with Crippen molar-refractivity contribution < 1.29 is 14.7 Å². The van der Waals surface area contributed by atoms with E-state index in [0.717, 1.165) is 5.56 Å². The van der Waals surface area contributed by atoms with Crippen LogP contribution in [0.1, 0.15) is 12.0 Å². The Morgan fingerprint density at radius 3 is 2.44 bits per heavy atom. The number of carboxylic acids is 1. The van der Waals surface area contributed by atoms with Gasteiger partial charge in [0.1, 0.15) is 6.04 Å². The third kappa shape index (κ3) is 4.10. The highest BCUT2D eigenvalue weighted by Gasteiger charge is 2.18. The number of carboxylic acid groups (broad SMARTS) is 1. The van der Waals surface area contributed by atoms with Crippen molar-refractivity contribution in [2.24, 2.45) is 5.73 Å². The Balaban J connectivity index is 2.50. The molecule has 0 aliphatic carbocycles. The van der Waals surface area contributed by atoms with Crippen LogP contribution < -0.4 is 11.1 Å². The summed E-state index contributed by atoms with van der Waals surface area (Å²) in [6.45, 7) is 0.394. The normalized spacial score (nSPS) is 12.0. The number of rotatable bonds is 6. The van der Waals surface area contributed by atoms with Crippen molar-refractivity contribution in [3.05, 3.63) is 35.9 Å². The molecule has 5 heteroatoms. The zero-order chi connectivity index (χ0) is 12.0. The predicted molar refractivity (Wildman–Crippen MR) is 58.5 cm³/mol. The van der Waals surface area contributed by atoms with Crippen LogP contribution in [0.3, 0.4) is 0 Å². The number of aliphatic carboxylic acids is 1. The maximum Gasteiger partial charge on any atom is 0.321 e. The molecule has 1 amide bonds. The van der Waals surface area contributed by atoms with Gasteiger partial charge in [-0.3, -0.25) is 14.9 Å². The molecule has 1 aromatic rings. The summed E-state index contributed by atoms with van der Waals surface area (Å²) in [4.78, 5) is 21.4. The highest BCUT2D eigenvalue weighted by Crippen LogP contribution is 2.00. The minimum Gasteiger partial charge on any atom is -0.480 e. The smallest absolute Gasteiger partial charge is 0.321 e. The first-order valence-electron chi connectivity index (χ1n) is 4.88. The van der Waals surface area contributed by atoms with E-state index in [1.165, 1.54) is 0 Å². The summed E-state index contributed by atoms with van der Waals surface area (Å²) >= 11 is 0. The van der Waals surface area contributed by atoms with Gasteiger partial charge in [0.2, 0.25) is 5.91 Å². The van der Waals surface area contributed by atoms with E-state index in [1.54, 1.807) is 0 Å². The summed E-state index contributed by atoms with van der Waals surface area (Å²) in [7, 11) is 0. The van der Waals surface area contributed by atoms with Gasteiger partial charge in [-0.2, -0.15) is 0 Å². The lowest BCUT2D eigenvalue weighted by Crippen LogP contribution is -2.39. The maximum atomic E-state index is 10.8. The monoisotopic (exact) mass is 222 g/mol. The number of hydrogen-bond acceptors (Lipinski definition) is 3. The molecule has 0 aliphatic heterocycles. The number of benzene rings is 1. The summed E-state index contributed by atoms with van der Waals surface area (Å²) in [5.74, 6) is -1.71. The van der Waals surface area contributed by atoms with Crippen LogP contribution >= 0.6 is 0 Å². The highest BCUT2D eigenvalue weighted by molar-refractivity contribution is 5.83.